The van der Waals surface area contributed by atoms with Gasteiger partial charge in [-0.15, -0.1) is 0 Å². The van der Waals surface area contributed by atoms with Crippen LogP contribution in [0.5, 0.6) is 0 Å². The van der Waals surface area contributed by atoms with Crippen molar-refractivity contribution >= 4 is 11.9 Å². The molecule has 1 aromatic carbocycles. The smallest absolute Gasteiger partial charge is 0.335 e. The Kier molecular flexibility index (Phi) is 6.02. The highest BCUT2D eigenvalue weighted by atomic mass is 16.4. The Morgan fingerprint density at radius 2 is 1.84 bits per heavy atom. The third-order valence-electron chi connectivity index (χ3n) is 2.98. The van der Waals surface area contributed by atoms with Crippen LogP contribution in [0.2, 0.25) is 0 Å². The fourth-order valence-electron chi connectivity index (χ4n) is 1.76. The van der Waals surface area contributed by atoms with E-state index in [0.717, 1.165) is 19.6 Å². The Morgan fingerprint density at radius 1 is 1.21 bits per heavy atom. The van der Waals surface area contributed by atoms with Gasteiger partial charge in [0.2, 0.25) is 0 Å². The summed E-state index contributed by atoms with van der Waals surface area (Å²) in [5, 5.41) is 11.7. The monoisotopic (exact) mass is 264 g/mol. The summed E-state index contributed by atoms with van der Waals surface area (Å²) in [4.78, 5) is 24.9. The van der Waals surface area contributed by atoms with Crippen LogP contribution in [-0.2, 0) is 0 Å². The van der Waals surface area contributed by atoms with Gasteiger partial charge in [0.15, 0.2) is 0 Å². The van der Waals surface area contributed by atoms with Crippen molar-refractivity contribution in [3.63, 3.8) is 0 Å². The first kappa shape index (κ1) is 15.2. The molecule has 0 radical (unpaired) electrons. The molecule has 0 fully saturated rings. The molecule has 2 N–H and O–H groups in total. The quantitative estimate of drug-likeness (QED) is 0.782. The Labute approximate surface area is 113 Å². The maximum Gasteiger partial charge on any atom is 0.335 e. The first-order valence-corrected chi connectivity index (χ1v) is 6.42. The zero-order valence-electron chi connectivity index (χ0n) is 11.3. The third-order valence-corrected chi connectivity index (χ3v) is 2.98. The molecule has 19 heavy (non-hydrogen) atoms. The fourth-order valence-corrected chi connectivity index (χ4v) is 1.76. The van der Waals surface area contributed by atoms with Crippen LogP contribution in [0.4, 0.5) is 0 Å². The molecule has 5 nitrogen and oxygen atoms in total. The lowest BCUT2D eigenvalue weighted by Gasteiger charge is -2.17. The number of amides is 1. The first-order chi connectivity index (χ1) is 9.08. The molecule has 0 heterocycles. The standard InChI is InChI=1S/C14H20N2O3/c1-3-16(4-2)9-8-15-13(17)11-6-5-7-12(10-11)14(18)19/h5-7,10H,3-4,8-9H2,1-2H3,(H,15,17)(H,18,19). The largest absolute Gasteiger partial charge is 0.478 e. The van der Waals surface area contributed by atoms with Crippen LogP contribution in [0.25, 0.3) is 0 Å². The van der Waals surface area contributed by atoms with Gasteiger partial charge in [0.05, 0.1) is 5.56 Å². The second kappa shape index (κ2) is 7.53. The second-order valence-electron chi connectivity index (χ2n) is 4.17. The summed E-state index contributed by atoms with van der Waals surface area (Å²) in [6.07, 6.45) is 0. The number of carboxylic acid groups (broad SMARTS) is 1. The van der Waals surface area contributed by atoms with Crippen LogP contribution >= 0.6 is 0 Å². The number of carbonyl (C=O) groups excluding carboxylic acids is 1. The number of hydrogen-bond donors (Lipinski definition) is 2. The second-order valence-corrected chi connectivity index (χ2v) is 4.17. The van der Waals surface area contributed by atoms with Gasteiger partial charge in [0, 0.05) is 18.7 Å². The van der Waals surface area contributed by atoms with Crippen LogP contribution in [0.15, 0.2) is 24.3 Å². The van der Waals surface area contributed by atoms with E-state index in [1.165, 1.54) is 12.1 Å². The molecular formula is C14H20N2O3. The number of rotatable bonds is 7. The maximum atomic E-state index is 11.9. The lowest BCUT2D eigenvalue weighted by Crippen LogP contribution is -2.34. The predicted molar refractivity (Wildman–Crippen MR) is 73.5 cm³/mol. The normalized spacial score (nSPS) is 10.5. The lowest BCUT2D eigenvalue weighted by molar-refractivity contribution is 0.0697. The minimum absolute atomic E-state index is 0.122. The minimum Gasteiger partial charge on any atom is -0.478 e. The van der Waals surface area contributed by atoms with Gasteiger partial charge in [-0.2, -0.15) is 0 Å². The van der Waals surface area contributed by atoms with Crippen LogP contribution in [0.1, 0.15) is 34.6 Å². The average Bonchev–Trinajstić information content (AvgIpc) is 2.43. The number of nitrogens with one attached hydrogen (secondary N) is 1. The molecule has 0 bridgehead atoms. The Bertz CT molecular complexity index is 442. The average molecular weight is 264 g/mol. The Morgan fingerprint density at radius 3 is 2.42 bits per heavy atom. The molecule has 104 valence electrons. The first-order valence-electron chi connectivity index (χ1n) is 6.42. The van der Waals surface area contributed by atoms with Crippen LogP contribution in [0.3, 0.4) is 0 Å². The van der Waals surface area contributed by atoms with Crippen molar-refractivity contribution in [2.75, 3.05) is 26.2 Å². The van der Waals surface area contributed by atoms with Crippen molar-refractivity contribution in [3.8, 4) is 0 Å². The summed E-state index contributed by atoms with van der Waals surface area (Å²) in [6, 6.07) is 6.03. The number of likely N-dealkylation sites (N-methyl/N-ethyl adjacent to an activating group) is 1. The van der Waals surface area contributed by atoms with Crippen LogP contribution in [0, 0.1) is 0 Å². The van der Waals surface area contributed by atoms with Gasteiger partial charge in [-0.25, -0.2) is 4.79 Å². The van der Waals surface area contributed by atoms with E-state index in [1.807, 2.05) is 0 Å². The van der Waals surface area contributed by atoms with Gasteiger partial charge in [-0.05, 0) is 31.3 Å². The van der Waals surface area contributed by atoms with E-state index < -0.39 is 5.97 Å². The van der Waals surface area contributed by atoms with E-state index in [1.54, 1.807) is 12.1 Å². The highest BCUT2D eigenvalue weighted by Gasteiger charge is 2.09. The SMILES string of the molecule is CCN(CC)CCNC(=O)c1cccc(C(=O)O)c1. The number of nitrogens with zero attached hydrogens (tertiary/aromatic N) is 1. The molecule has 0 saturated heterocycles. The van der Waals surface area contributed by atoms with Crippen molar-refractivity contribution in [3.05, 3.63) is 35.4 Å². The highest BCUT2D eigenvalue weighted by molar-refractivity contribution is 5.97. The maximum absolute atomic E-state index is 11.9. The summed E-state index contributed by atoms with van der Waals surface area (Å²) in [6.45, 7) is 7.38. The molecule has 0 aliphatic heterocycles. The molecular weight excluding hydrogens is 244 g/mol. The Hall–Kier alpha value is -1.88. The zero-order valence-corrected chi connectivity index (χ0v) is 11.3. The summed E-state index contributed by atoms with van der Waals surface area (Å²) in [5.74, 6) is -1.27. The molecule has 1 amide bonds. The van der Waals surface area contributed by atoms with E-state index in [9.17, 15) is 9.59 Å². The van der Waals surface area contributed by atoms with Gasteiger partial charge < -0.3 is 15.3 Å². The Balaban J connectivity index is 2.54. The molecule has 0 spiro atoms. The molecule has 5 heteroatoms. The number of benzene rings is 1. The molecule has 0 aliphatic rings. The van der Waals surface area contributed by atoms with Gasteiger partial charge in [0.1, 0.15) is 0 Å². The molecule has 1 aromatic rings. The third kappa shape index (κ3) is 4.71. The van der Waals surface area contributed by atoms with E-state index in [2.05, 4.69) is 24.1 Å². The van der Waals surface area contributed by atoms with Crippen molar-refractivity contribution in [1.82, 2.24) is 10.2 Å². The van der Waals surface area contributed by atoms with Gasteiger partial charge in [-0.1, -0.05) is 19.9 Å². The van der Waals surface area contributed by atoms with Crippen LogP contribution < -0.4 is 5.32 Å². The van der Waals surface area contributed by atoms with Crippen molar-refractivity contribution < 1.29 is 14.7 Å². The molecule has 0 saturated carbocycles. The number of aromatic carboxylic acids is 1. The number of carbonyl (C=O) groups is 2. The van der Waals surface area contributed by atoms with E-state index in [-0.39, 0.29) is 11.5 Å². The van der Waals surface area contributed by atoms with E-state index >= 15 is 0 Å². The summed E-state index contributed by atoms with van der Waals surface area (Å²) in [5.41, 5.74) is 0.496. The fraction of sp³-hybridized carbons (Fsp3) is 0.429. The number of hydrogen-bond acceptors (Lipinski definition) is 3. The van der Waals surface area contributed by atoms with Crippen molar-refractivity contribution in [2.45, 2.75) is 13.8 Å². The van der Waals surface area contributed by atoms with Gasteiger partial charge in [0.25, 0.3) is 5.91 Å². The van der Waals surface area contributed by atoms with Crippen molar-refractivity contribution in [2.24, 2.45) is 0 Å². The van der Waals surface area contributed by atoms with E-state index in [4.69, 9.17) is 5.11 Å². The molecule has 1 rings (SSSR count). The lowest BCUT2D eigenvalue weighted by atomic mass is 10.1. The zero-order chi connectivity index (χ0) is 14.3. The highest BCUT2D eigenvalue weighted by Crippen LogP contribution is 2.05. The molecule has 0 unspecified atom stereocenters. The molecule has 0 aromatic heterocycles. The molecule has 0 aliphatic carbocycles. The summed E-state index contributed by atoms with van der Waals surface area (Å²) < 4.78 is 0. The summed E-state index contributed by atoms with van der Waals surface area (Å²) >= 11 is 0. The topological polar surface area (TPSA) is 69.6 Å². The predicted octanol–water partition coefficient (Wildman–Crippen LogP) is 1.46. The molecule has 0 atom stereocenters. The van der Waals surface area contributed by atoms with Crippen LogP contribution in [-0.4, -0.2) is 48.1 Å². The number of carboxylic acids is 1. The van der Waals surface area contributed by atoms with Gasteiger partial charge in [-0.3, -0.25) is 4.79 Å². The van der Waals surface area contributed by atoms with E-state index in [0.29, 0.717) is 12.1 Å². The summed E-state index contributed by atoms with van der Waals surface area (Å²) in [7, 11) is 0. The van der Waals surface area contributed by atoms with Gasteiger partial charge >= 0.3 is 5.97 Å². The minimum atomic E-state index is -1.03. The van der Waals surface area contributed by atoms with Crippen molar-refractivity contribution in [1.29, 1.82) is 0 Å².